The van der Waals surface area contributed by atoms with Gasteiger partial charge in [-0.15, -0.1) is 0 Å². The predicted octanol–water partition coefficient (Wildman–Crippen LogP) is 2.83. The molecule has 1 N–H and O–H groups in total. The SMILES string of the molecule is CCCOc1ccc(CN=C(NCC)N2CCOC(C3CCCO3)C2)cc1OC. The van der Waals surface area contributed by atoms with Crippen LogP contribution in [0, 0.1) is 0 Å². The maximum absolute atomic E-state index is 5.98. The average Bonchev–Trinajstić information content (AvgIpc) is 3.30. The van der Waals surface area contributed by atoms with Crippen molar-refractivity contribution in [1.82, 2.24) is 10.2 Å². The minimum atomic E-state index is 0.116. The average molecular weight is 406 g/mol. The Hall–Kier alpha value is -1.99. The third-order valence-electron chi connectivity index (χ3n) is 5.21. The van der Waals surface area contributed by atoms with E-state index in [0.717, 1.165) is 68.5 Å². The molecule has 162 valence electrons. The molecule has 2 unspecified atom stereocenters. The van der Waals surface area contributed by atoms with E-state index in [4.69, 9.17) is 23.9 Å². The van der Waals surface area contributed by atoms with E-state index in [9.17, 15) is 0 Å². The molecule has 2 atom stereocenters. The monoisotopic (exact) mass is 405 g/mol. The van der Waals surface area contributed by atoms with Crippen molar-refractivity contribution >= 4 is 5.96 Å². The van der Waals surface area contributed by atoms with Gasteiger partial charge >= 0.3 is 0 Å². The van der Waals surface area contributed by atoms with Crippen LogP contribution >= 0.6 is 0 Å². The van der Waals surface area contributed by atoms with Crippen LogP contribution in [0.3, 0.4) is 0 Å². The van der Waals surface area contributed by atoms with Crippen LogP contribution in [0.25, 0.3) is 0 Å². The van der Waals surface area contributed by atoms with Gasteiger partial charge in [0.05, 0.1) is 33.0 Å². The highest BCUT2D eigenvalue weighted by atomic mass is 16.5. The zero-order chi connectivity index (χ0) is 20.5. The van der Waals surface area contributed by atoms with E-state index < -0.39 is 0 Å². The lowest BCUT2D eigenvalue weighted by atomic mass is 10.1. The quantitative estimate of drug-likeness (QED) is 0.530. The van der Waals surface area contributed by atoms with E-state index in [2.05, 4.69) is 30.1 Å². The van der Waals surface area contributed by atoms with Crippen molar-refractivity contribution in [3.8, 4) is 11.5 Å². The zero-order valence-electron chi connectivity index (χ0n) is 18.0. The maximum atomic E-state index is 5.98. The van der Waals surface area contributed by atoms with Crippen molar-refractivity contribution in [2.45, 2.75) is 51.9 Å². The highest BCUT2D eigenvalue weighted by molar-refractivity contribution is 5.80. The van der Waals surface area contributed by atoms with Crippen LogP contribution in [-0.2, 0) is 16.0 Å². The molecule has 0 radical (unpaired) electrons. The second-order valence-corrected chi connectivity index (χ2v) is 7.41. The van der Waals surface area contributed by atoms with Gasteiger partial charge in [-0.25, -0.2) is 4.99 Å². The molecular formula is C22H35N3O4. The number of nitrogens with zero attached hydrogens (tertiary/aromatic N) is 2. The molecule has 2 aliphatic rings. The van der Waals surface area contributed by atoms with E-state index in [-0.39, 0.29) is 12.2 Å². The van der Waals surface area contributed by atoms with Crippen LogP contribution in [0.4, 0.5) is 0 Å². The van der Waals surface area contributed by atoms with E-state index in [1.165, 1.54) is 0 Å². The molecule has 2 aliphatic heterocycles. The summed E-state index contributed by atoms with van der Waals surface area (Å²) in [5, 5.41) is 3.43. The second kappa shape index (κ2) is 11.3. The van der Waals surface area contributed by atoms with Gasteiger partial charge in [-0.2, -0.15) is 0 Å². The minimum Gasteiger partial charge on any atom is -0.493 e. The Morgan fingerprint density at radius 2 is 2.07 bits per heavy atom. The first kappa shape index (κ1) is 21.7. The topological polar surface area (TPSA) is 64.6 Å². The van der Waals surface area contributed by atoms with E-state index >= 15 is 0 Å². The number of nitrogens with one attached hydrogen (secondary N) is 1. The van der Waals surface area contributed by atoms with E-state index in [1.807, 2.05) is 12.1 Å². The Morgan fingerprint density at radius 1 is 1.21 bits per heavy atom. The zero-order valence-corrected chi connectivity index (χ0v) is 18.0. The van der Waals surface area contributed by atoms with Crippen LogP contribution in [0.2, 0.25) is 0 Å². The molecule has 0 bridgehead atoms. The number of rotatable bonds is 8. The number of morpholine rings is 1. The molecule has 7 heteroatoms. The molecule has 29 heavy (non-hydrogen) atoms. The number of hydrogen-bond acceptors (Lipinski definition) is 5. The first-order chi connectivity index (χ1) is 14.2. The number of benzene rings is 1. The molecule has 2 heterocycles. The summed E-state index contributed by atoms with van der Waals surface area (Å²) in [5.41, 5.74) is 1.09. The molecule has 2 saturated heterocycles. The molecule has 7 nitrogen and oxygen atoms in total. The fourth-order valence-corrected chi connectivity index (χ4v) is 3.72. The summed E-state index contributed by atoms with van der Waals surface area (Å²) in [5.74, 6) is 2.45. The van der Waals surface area contributed by atoms with E-state index in [0.29, 0.717) is 19.8 Å². The Bertz CT molecular complexity index is 661. The summed E-state index contributed by atoms with van der Waals surface area (Å²) in [6, 6.07) is 6.02. The lowest BCUT2D eigenvalue weighted by Gasteiger charge is -2.37. The number of aliphatic imine (C=N–C) groups is 1. The van der Waals surface area contributed by atoms with Crippen molar-refractivity contribution in [2.24, 2.45) is 4.99 Å². The third kappa shape index (κ3) is 6.00. The fourth-order valence-electron chi connectivity index (χ4n) is 3.72. The van der Waals surface area contributed by atoms with Crippen molar-refractivity contribution in [3.63, 3.8) is 0 Å². The second-order valence-electron chi connectivity index (χ2n) is 7.41. The molecule has 0 saturated carbocycles. The molecule has 1 aromatic rings. The summed E-state index contributed by atoms with van der Waals surface area (Å²) < 4.78 is 23.1. The van der Waals surface area contributed by atoms with Gasteiger partial charge in [0.2, 0.25) is 0 Å². The Balaban J connectivity index is 1.66. The third-order valence-corrected chi connectivity index (χ3v) is 5.21. The summed E-state index contributed by atoms with van der Waals surface area (Å²) in [6.07, 6.45) is 3.50. The van der Waals surface area contributed by atoms with Gasteiger partial charge in [0.15, 0.2) is 17.5 Å². The molecule has 2 fully saturated rings. The fraction of sp³-hybridized carbons (Fsp3) is 0.682. The highest BCUT2D eigenvalue weighted by Crippen LogP contribution is 2.28. The Morgan fingerprint density at radius 3 is 2.79 bits per heavy atom. The standard InChI is InChI=1S/C22H35N3O4/c1-4-11-27-19-9-8-17(14-20(19)26-3)15-24-22(23-5-2)25-10-13-29-21(16-25)18-7-6-12-28-18/h8-9,14,18,21H,4-7,10-13,15-16H2,1-3H3,(H,23,24). The molecule has 0 spiro atoms. The Kier molecular flexibility index (Phi) is 8.43. The van der Waals surface area contributed by atoms with Crippen molar-refractivity contribution < 1.29 is 18.9 Å². The molecule has 0 aromatic heterocycles. The molecule has 0 amide bonds. The Labute approximate surface area is 174 Å². The van der Waals surface area contributed by atoms with Gasteiger partial charge in [-0.3, -0.25) is 0 Å². The van der Waals surface area contributed by atoms with Crippen molar-refractivity contribution in [3.05, 3.63) is 23.8 Å². The smallest absolute Gasteiger partial charge is 0.194 e. The minimum absolute atomic E-state index is 0.116. The lowest BCUT2D eigenvalue weighted by molar-refractivity contribution is -0.0817. The first-order valence-electron chi connectivity index (χ1n) is 10.8. The highest BCUT2D eigenvalue weighted by Gasteiger charge is 2.32. The van der Waals surface area contributed by atoms with Gasteiger partial charge in [-0.05, 0) is 43.9 Å². The maximum Gasteiger partial charge on any atom is 0.194 e. The molecular weight excluding hydrogens is 370 g/mol. The lowest BCUT2D eigenvalue weighted by Crippen LogP contribution is -2.53. The van der Waals surface area contributed by atoms with E-state index in [1.54, 1.807) is 7.11 Å². The number of ether oxygens (including phenoxy) is 4. The molecule has 0 aliphatic carbocycles. The van der Waals surface area contributed by atoms with Crippen LogP contribution < -0.4 is 14.8 Å². The summed E-state index contributed by atoms with van der Waals surface area (Å²) in [6.45, 7) is 9.46. The summed E-state index contributed by atoms with van der Waals surface area (Å²) >= 11 is 0. The summed E-state index contributed by atoms with van der Waals surface area (Å²) in [4.78, 5) is 7.16. The first-order valence-corrected chi connectivity index (χ1v) is 10.8. The van der Waals surface area contributed by atoms with Gasteiger partial charge in [0.1, 0.15) is 6.10 Å². The van der Waals surface area contributed by atoms with Crippen LogP contribution in [0.1, 0.15) is 38.7 Å². The van der Waals surface area contributed by atoms with Crippen molar-refractivity contribution in [1.29, 1.82) is 0 Å². The predicted molar refractivity (Wildman–Crippen MR) is 114 cm³/mol. The van der Waals surface area contributed by atoms with Gasteiger partial charge in [-0.1, -0.05) is 13.0 Å². The normalized spacial score (nSPS) is 22.6. The summed E-state index contributed by atoms with van der Waals surface area (Å²) in [7, 11) is 1.67. The number of methoxy groups -OCH3 is 1. The van der Waals surface area contributed by atoms with Crippen LogP contribution in [0.5, 0.6) is 11.5 Å². The molecule has 1 aromatic carbocycles. The van der Waals surface area contributed by atoms with Gasteiger partial charge in [0, 0.05) is 26.2 Å². The van der Waals surface area contributed by atoms with Crippen molar-refractivity contribution in [2.75, 3.05) is 46.6 Å². The molecule has 3 rings (SSSR count). The largest absolute Gasteiger partial charge is 0.493 e. The number of guanidine groups is 1. The van der Waals surface area contributed by atoms with Crippen LogP contribution in [0.15, 0.2) is 23.2 Å². The van der Waals surface area contributed by atoms with Gasteiger partial charge in [0.25, 0.3) is 0 Å². The number of hydrogen-bond donors (Lipinski definition) is 1. The van der Waals surface area contributed by atoms with Crippen LogP contribution in [-0.4, -0.2) is 69.6 Å². The van der Waals surface area contributed by atoms with Gasteiger partial charge < -0.3 is 29.2 Å².